The zero-order valence-electron chi connectivity index (χ0n) is 22.1. The van der Waals surface area contributed by atoms with E-state index in [1.54, 1.807) is 0 Å². The van der Waals surface area contributed by atoms with Crippen molar-refractivity contribution < 1.29 is 19.7 Å². The van der Waals surface area contributed by atoms with Crippen LogP contribution in [0.25, 0.3) is 10.9 Å². The van der Waals surface area contributed by atoms with Crippen molar-refractivity contribution in [3.8, 4) is 5.75 Å². The summed E-state index contributed by atoms with van der Waals surface area (Å²) in [6.07, 6.45) is -2.09. The normalized spacial score (nSPS) is 16.4. The van der Waals surface area contributed by atoms with Gasteiger partial charge in [0.15, 0.2) is 5.75 Å². The minimum atomic E-state index is -1.45. The lowest BCUT2D eigenvalue weighted by molar-refractivity contribution is -0.139. The van der Waals surface area contributed by atoms with Crippen LogP contribution in [0.4, 0.5) is 11.4 Å². The molecule has 1 aromatic heterocycles. The van der Waals surface area contributed by atoms with E-state index in [1.165, 1.54) is 12.7 Å². The van der Waals surface area contributed by atoms with Crippen molar-refractivity contribution in [3.63, 3.8) is 0 Å². The third kappa shape index (κ3) is 5.27. The van der Waals surface area contributed by atoms with Crippen molar-refractivity contribution in [1.82, 2.24) is 14.1 Å². The predicted molar refractivity (Wildman–Crippen MR) is 150 cm³/mol. The van der Waals surface area contributed by atoms with Crippen LogP contribution in [0.3, 0.4) is 0 Å². The Hall–Kier alpha value is -3.74. The molecule has 1 unspecified atom stereocenters. The quantitative estimate of drug-likeness (QED) is 0.231. The Morgan fingerprint density at radius 1 is 1.21 bits per heavy atom. The Kier molecular flexibility index (Phi) is 7.82. The van der Waals surface area contributed by atoms with Crippen molar-refractivity contribution in [2.24, 2.45) is 0 Å². The number of carbonyl (C=O) groups is 1. The van der Waals surface area contributed by atoms with Crippen molar-refractivity contribution in [1.29, 1.82) is 0 Å². The zero-order chi connectivity index (χ0) is 28.6. The molecule has 4 rings (SSSR count). The number of nitrogens with zero attached hydrogens (tertiary/aromatic N) is 4. The van der Waals surface area contributed by atoms with E-state index < -0.39 is 36.3 Å². The number of nitrogens with two attached hydrogens (primary N) is 2. The standard InChI is InChI=1S/C26H33ClN6O6/c1-26(2)14-30(9-10-31(26)12-15-7-5-4-6-8-15)22-19(27)21-18(20(28)23(22)39-3)24(37)33(29)25(38)32(21)13-16(34)11-17(35)36/h4-8,16,34H,9-14,28-29H2,1-3H3,(H,35,36). The van der Waals surface area contributed by atoms with Gasteiger partial charge in [-0.05, 0) is 19.4 Å². The highest BCUT2D eigenvalue weighted by molar-refractivity contribution is 6.39. The lowest BCUT2D eigenvalue weighted by Gasteiger charge is -2.48. The van der Waals surface area contributed by atoms with Crippen LogP contribution >= 0.6 is 11.6 Å². The van der Waals surface area contributed by atoms with E-state index in [0.717, 1.165) is 11.1 Å². The molecule has 1 atom stereocenters. The number of rotatable bonds is 8. The molecule has 2 aromatic carbocycles. The smallest absolute Gasteiger partial charge is 0.350 e. The number of aliphatic hydroxyl groups is 1. The molecule has 39 heavy (non-hydrogen) atoms. The zero-order valence-corrected chi connectivity index (χ0v) is 22.8. The Morgan fingerprint density at radius 2 is 1.87 bits per heavy atom. The molecule has 6 N–H and O–H groups in total. The second-order valence-electron chi connectivity index (χ2n) is 10.3. The number of hydrogen-bond donors (Lipinski definition) is 4. The van der Waals surface area contributed by atoms with Crippen LogP contribution in [0.5, 0.6) is 5.75 Å². The third-order valence-electron chi connectivity index (χ3n) is 7.14. The summed E-state index contributed by atoms with van der Waals surface area (Å²) in [6.45, 7) is 6.23. The van der Waals surface area contributed by atoms with Gasteiger partial charge in [-0.15, -0.1) is 0 Å². The molecule has 3 aromatic rings. The number of nitrogen functional groups attached to an aromatic ring is 2. The van der Waals surface area contributed by atoms with Crippen molar-refractivity contribution >= 4 is 39.8 Å². The van der Waals surface area contributed by atoms with E-state index >= 15 is 0 Å². The molecule has 12 nitrogen and oxygen atoms in total. The predicted octanol–water partition coefficient (Wildman–Crippen LogP) is 1.06. The second-order valence-corrected chi connectivity index (χ2v) is 10.7. The monoisotopic (exact) mass is 560 g/mol. The van der Waals surface area contributed by atoms with E-state index in [1.807, 2.05) is 23.1 Å². The van der Waals surface area contributed by atoms with Gasteiger partial charge in [0.2, 0.25) is 0 Å². The van der Waals surface area contributed by atoms with E-state index in [9.17, 15) is 19.5 Å². The summed E-state index contributed by atoms with van der Waals surface area (Å²) in [7, 11) is 1.40. The topological polar surface area (TPSA) is 169 Å². The molecule has 1 aliphatic heterocycles. The van der Waals surface area contributed by atoms with Crippen LogP contribution in [0.2, 0.25) is 5.02 Å². The fourth-order valence-corrected chi connectivity index (χ4v) is 5.61. The number of methoxy groups -OCH3 is 1. The summed E-state index contributed by atoms with van der Waals surface area (Å²) in [5.41, 5.74) is 5.73. The average Bonchev–Trinajstić information content (AvgIpc) is 2.87. The number of ether oxygens (including phenoxy) is 1. The molecular weight excluding hydrogens is 528 g/mol. The summed E-state index contributed by atoms with van der Waals surface area (Å²) < 4.78 is 6.98. The van der Waals surface area contributed by atoms with Gasteiger partial charge in [0.25, 0.3) is 5.56 Å². The molecule has 2 heterocycles. The van der Waals surface area contributed by atoms with Crippen molar-refractivity contribution in [2.45, 2.75) is 45.0 Å². The summed E-state index contributed by atoms with van der Waals surface area (Å²) in [5.74, 6) is 4.65. The number of carboxylic acid groups (broad SMARTS) is 1. The van der Waals surface area contributed by atoms with Gasteiger partial charge in [0, 0.05) is 31.7 Å². The van der Waals surface area contributed by atoms with Crippen molar-refractivity contribution in [3.05, 3.63) is 61.8 Å². The van der Waals surface area contributed by atoms with Gasteiger partial charge < -0.3 is 31.4 Å². The number of piperazine rings is 1. The molecule has 1 saturated heterocycles. The lowest BCUT2D eigenvalue weighted by Crippen LogP contribution is -2.59. The molecular formula is C26H33ClN6O6. The minimum Gasteiger partial charge on any atom is -0.492 e. The number of hydrogen-bond acceptors (Lipinski definition) is 9. The summed E-state index contributed by atoms with van der Waals surface area (Å²) >= 11 is 6.94. The molecule has 1 aliphatic rings. The number of fused-ring (bicyclic) bond motifs is 1. The largest absolute Gasteiger partial charge is 0.492 e. The summed E-state index contributed by atoms with van der Waals surface area (Å²) in [4.78, 5) is 41.6. The van der Waals surface area contributed by atoms with Crippen LogP contribution in [0.1, 0.15) is 25.8 Å². The Morgan fingerprint density at radius 3 is 2.46 bits per heavy atom. The van der Waals surface area contributed by atoms with Gasteiger partial charge in [0.1, 0.15) is 5.69 Å². The van der Waals surface area contributed by atoms with Gasteiger partial charge in [-0.3, -0.25) is 19.1 Å². The molecule has 0 bridgehead atoms. The second kappa shape index (κ2) is 10.8. The van der Waals surface area contributed by atoms with E-state index in [4.69, 9.17) is 33.0 Å². The molecule has 0 radical (unpaired) electrons. The number of benzene rings is 2. The van der Waals surface area contributed by atoms with Gasteiger partial charge in [-0.1, -0.05) is 41.9 Å². The number of aliphatic carboxylic acids is 1. The number of anilines is 2. The first-order chi connectivity index (χ1) is 18.4. The summed E-state index contributed by atoms with van der Waals surface area (Å²) in [5, 5.41) is 19.3. The van der Waals surface area contributed by atoms with Crippen LogP contribution in [-0.4, -0.2) is 68.7 Å². The molecule has 13 heteroatoms. The highest BCUT2D eigenvalue weighted by Crippen LogP contribution is 2.46. The first-order valence-corrected chi connectivity index (χ1v) is 12.8. The van der Waals surface area contributed by atoms with Crippen LogP contribution in [0.15, 0.2) is 39.9 Å². The fourth-order valence-electron chi connectivity index (χ4n) is 5.21. The summed E-state index contributed by atoms with van der Waals surface area (Å²) in [6, 6.07) is 10.1. The Bertz CT molecular complexity index is 1520. The fraction of sp³-hybridized carbons (Fsp3) is 0.423. The van der Waals surface area contributed by atoms with Crippen molar-refractivity contribution in [2.75, 3.05) is 43.2 Å². The first-order valence-electron chi connectivity index (χ1n) is 12.4. The highest BCUT2D eigenvalue weighted by atomic mass is 35.5. The minimum absolute atomic E-state index is 0.0145. The first kappa shape index (κ1) is 28.3. The lowest BCUT2D eigenvalue weighted by atomic mass is 9.96. The van der Waals surface area contributed by atoms with Gasteiger partial charge >= 0.3 is 11.7 Å². The van der Waals surface area contributed by atoms with Gasteiger partial charge in [0.05, 0.1) is 47.8 Å². The van der Waals surface area contributed by atoms with E-state index in [2.05, 4.69) is 30.9 Å². The van der Waals surface area contributed by atoms with Gasteiger partial charge in [-0.2, -0.15) is 4.68 Å². The Labute approximate surface area is 229 Å². The molecule has 1 fully saturated rings. The Balaban J connectivity index is 1.85. The van der Waals surface area contributed by atoms with Crippen LogP contribution < -0.4 is 32.5 Å². The van der Waals surface area contributed by atoms with E-state index in [0.29, 0.717) is 30.0 Å². The molecule has 0 spiro atoms. The van der Waals surface area contributed by atoms with Crippen LogP contribution in [0, 0.1) is 0 Å². The maximum Gasteiger partial charge on any atom is 0.350 e. The molecule has 0 saturated carbocycles. The maximum absolute atomic E-state index is 13.1. The number of aliphatic hydroxyl groups excluding tert-OH is 1. The number of halogens is 1. The third-order valence-corrected chi connectivity index (χ3v) is 7.49. The number of carboxylic acids is 1. The molecule has 0 amide bonds. The molecule has 210 valence electrons. The molecule has 0 aliphatic carbocycles. The number of aromatic nitrogens is 2. The highest BCUT2D eigenvalue weighted by Gasteiger charge is 2.37. The van der Waals surface area contributed by atoms with Gasteiger partial charge in [-0.25, -0.2) is 4.79 Å². The average molecular weight is 561 g/mol. The maximum atomic E-state index is 13.1. The SMILES string of the molecule is COc1c(N2CCN(Cc3ccccc3)C(C)(C)C2)c(Cl)c2c(c1N)c(=O)n(N)c(=O)n2CC(O)CC(=O)O. The van der Waals surface area contributed by atoms with E-state index in [-0.39, 0.29) is 32.9 Å². The van der Waals surface area contributed by atoms with Crippen LogP contribution in [-0.2, 0) is 17.9 Å².